The summed E-state index contributed by atoms with van der Waals surface area (Å²) in [6.45, 7) is 7.43. The molecule has 0 aliphatic rings. The normalized spacial score (nSPS) is 12.3. The second-order valence-corrected chi connectivity index (χ2v) is 4.82. The van der Waals surface area contributed by atoms with Crippen molar-refractivity contribution in [3.05, 3.63) is 0 Å². The van der Waals surface area contributed by atoms with Gasteiger partial charge in [-0.15, -0.1) is 0 Å². The minimum atomic E-state index is -0.907. The molecule has 0 aliphatic carbocycles. The van der Waals surface area contributed by atoms with Crippen LogP contribution in [0.3, 0.4) is 0 Å². The van der Waals surface area contributed by atoms with Gasteiger partial charge in [-0.1, -0.05) is 20.8 Å². The molecular formula is C12H24N2O4. The summed E-state index contributed by atoms with van der Waals surface area (Å²) in [7, 11) is 1.57. The Labute approximate surface area is 108 Å². The Morgan fingerprint density at radius 3 is 2.44 bits per heavy atom. The van der Waals surface area contributed by atoms with Gasteiger partial charge in [0.15, 0.2) is 0 Å². The summed E-state index contributed by atoms with van der Waals surface area (Å²) in [4.78, 5) is 23.6. The van der Waals surface area contributed by atoms with Crippen LogP contribution in [0.25, 0.3) is 0 Å². The molecule has 0 spiro atoms. The van der Waals surface area contributed by atoms with E-state index in [4.69, 9.17) is 9.84 Å². The maximum Gasteiger partial charge on any atom is 0.317 e. The summed E-state index contributed by atoms with van der Waals surface area (Å²) in [5.41, 5.74) is 0. The Morgan fingerprint density at radius 2 is 1.94 bits per heavy atom. The van der Waals surface area contributed by atoms with Crippen LogP contribution in [0.1, 0.15) is 20.8 Å². The first-order valence-corrected chi connectivity index (χ1v) is 6.14. The topological polar surface area (TPSA) is 78.9 Å². The number of amides is 2. The predicted octanol–water partition coefficient (Wildman–Crippen LogP) is 1.02. The number of carbonyl (C=O) groups excluding carboxylic acids is 1. The van der Waals surface area contributed by atoms with Crippen molar-refractivity contribution in [2.75, 3.05) is 33.4 Å². The first kappa shape index (κ1) is 16.7. The summed E-state index contributed by atoms with van der Waals surface area (Å²) in [5, 5.41) is 11.4. The lowest BCUT2D eigenvalue weighted by atomic mass is 10.2. The van der Waals surface area contributed by atoms with Gasteiger partial charge in [-0.3, -0.25) is 4.79 Å². The zero-order valence-electron chi connectivity index (χ0n) is 11.6. The molecule has 106 valence electrons. The van der Waals surface area contributed by atoms with Crippen molar-refractivity contribution in [2.24, 2.45) is 11.8 Å². The van der Waals surface area contributed by atoms with E-state index in [2.05, 4.69) is 19.2 Å². The number of carboxylic acid groups (broad SMARTS) is 1. The van der Waals surface area contributed by atoms with Crippen LogP contribution in [-0.2, 0) is 9.53 Å². The van der Waals surface area contributed by atoms with E-state index in [-0.39, 0.29) is 12.6 Å². The zero-order valence-corrected chi connectivity index (χ0v) is 11.6. The number of nitrogens with zero attached hydrogens (tertiary/aromatic N) is 1. The molecule has 2 amide bonds. The monoisotopic (exact) mass is 260 g/mol. The van der Waals surface area contributed by atoms with E-state index in [1.165, 1.54) is 4.90 Å². The fraction of sp³-hybridized carbons (Fsp3) is 0.833. The van der Waals surface area contributed by atoms with Crippen molar-refractivity contribution >= 4 is 12.0 Å². The van der Waals surface area contributed by atoms with Crippen LogP contribution in [0.2, 0.25) is 0 Å². The summed E-state index contributed by atoms with van der Waals surface area (Å²) >= 11 is 0. The van der Waals surface area contributed by atoms with Crippen molar-refractivity contribution in [3.63, 3.8) is 0 Å². The Bertz CT molecular complexity index is 269. The Morgan fingerprint density at radius 1 is 1.33 bits per heavy atom. The molecule has 6 heteroatoms. The van der Waals surface area contributed by atoms with Gasteiger partial charge < -0.3 is 20.1 Å². The third kappa shape index (κ3) is 7.89. The molecule has 0 fully saturated rings. The number of hydrogen-bond donors (Lipinski definition) is 2. The number of aliphatic carboxylic acids is 1. The molecular weight excluding hydrogens is 236 g/mol. The first-order chi connectivity index (χ1) is 8.34. The summed E-state index contributed by atoms with van der Waals surface area (Å²) in [6, 6.07) is -0.281. The Hall–Kier alpha value is -1.30. The molecule has 2 N–H and O–H groups in total. The van der Waals surface area contributed by atoms with Crippen LogP contribution < -0.4 is 5.32 Å². The van der Waals surface area contributed by atoms with Crippen LogP contribution >= 0.6 is 0 Å². The molecule has 0 aromatic heterocycles. The molecule has 6 nitrogen and oxygen atoms in total. The van der Waals surface area contributed by atoms with E-state index in [1.807, 2.05) is 0 Å². The number of ether oxygens (including phenoxy) is 1. The fourth-order valence-electron chi connectivity index (χ4n) is 1.26. The van der Waals surface area contributed by atoms with Gasteiger partial charge in [-0.2, -0.15) is 0 Å². The maximum absolute atomic E-state index is 11.6. The summed E-state index contributed by atoms with van der Waals surface area (Å²) in [5.74, 6) is -1.01. The van der Waals surface area contributed by atoms with Crippen molar-refractivity contribution in [3.8, 4) is 0 Å². The van der Waals surface area contributed by atoms with Gasteiger partial charge in [0.25, 0.3) is 0 Å². The number of nitrogens with one attached hydrogen (secondary N) is 1. The van der Waals surface area contributed by atoms with Crippen LogP contribution in [0.4, 0.5) is 4.79 Å². The molecule has 0 saturated carbocycles. The van der Waals surface area contributed by atoms with Crippen molar-refractivity contribution in [1.29, 1.82) is 0 Å². The lowest BCUT2D eigenvalue weighted by Gasteiger charge is -2.20. The fourth-order valence-corrected chi connectivity index (χ4v) is 1.26. The highest BCUT2D eigenvalue weighted by molar-refractivity contribution is 5.75. The Kier molecular flexibility index (Phi) is 8.11. The molecule has 0 heterocycles. The molecule has 0 aromatic rings. The van der Waals surface area contributed by atoms with Gasteiger partial charge in [0, 0.05) is 26.7 Å². The van der Waals surface area contributed by atoms with Gasteiger partial charge >= 0.3 is 12.0 Å². The highest BCUT2D eigenvalue weighted by atomic mass is 16.5. The first-order valence-electron chi connectivity index (χ1n) is 6.14. The van der Waals surface area contributed by atoms with E-state index < -0.39 is 11.9 Å². The van der Waals surface area contributed by atoms with Crippen LogP contribution in [0, 0.1) is 11.8 Å². The van der Waals surface area contributed by atoms with E-state index in [0.29, 0.717) is 25.7 Å². The predicted molar refractivity (Wildman–Crippen MR) is 68.5 cm³/mol. The molecule has 1 unspecified atom stereocenters. The smallest absolute Gasteiger partial charge is 0.317 e. The maximum atomic E-state index is 11.6. The van der Waals surface area contributed by atoms with Crippen molar-refractivity contribution in [2.45, 2.75) is 20.8 Å². The molecule has 0 rings (SSSR count). The SMILES string of the molecule is CC(C)COCCNC(=O)N(C)CC(C)C(=O)O. The third-order valence-corrected chi connectivity index (χ3v) is 2.29. The summed E-state index contributed by atoms with van der Waals surface area (Å²) < 4.78 is 5.32. The number of carboxylic acids is 1. The summed E-state index contributed by atoms with van der Waals surface area (Å²) in [6.07, 6.45) is 0. The number of hydrogen-bond acceptors (Lipinski definition) is 3. The van der Waals surface area contributed by atoms with Crippen molar-refractivity contribution < 1.29 is 19.4 Å². The minimum absolute atomic E-state index is 0.189. The van der Waals surface area contributed by atoms with Crippen LogP contribution in [-0.4, -0.2) is 55.4 Å². The molecule has 0 bridgehead atoms. The number of urea groups is 1. The van der Waals surface area contributed by atoms with E-state index in [9.17, 15) is 9.59 Å². The van der Waals surface area contributed by atoms with Crippen LogP contribution in [0.15, 0.2) is 0 Å². The van der Waals surface area contributed by atoms with Gasteiger partial charge in [0.1, 0.15) is 0 Å². The standard InChI is InChI=1S/C12H24N2O4/c1-9(2)8-18-6-5-13-12(17)14(4)7-10(3)11(15)16/h9-10H,5-8H2,1-4H3,(H,13,17)(H,15,16). The average Bonchev–Trinajstić information content (AvgIpc) is 2.27. The van der Waals surface area contributed by atoms with E-state index in [0.717, 1.165) is 0 Å². The quantitative estimate of drug-likeness (QED) is 0.639. The second-order valence-electron chi connectivity index (χ2n) is 4.82. The van der Waals surface area contributed by atoms with Gasteiger partial charge in [0.05, 0.1) is 12.5 Å². The molecule has 0 saturated heterocycles. The number of carbonyl (C=O) groups is 2. The highest BCUT2D eigenvalue weighted by Gasteiger charge is 2.16. The van der Waals surface area contributed by atoms with Crippen LogP contribution in [0.5, 0.6) is 0 Å². The third-order valence-electron chi connectivity index (χ3n) is 2.29. The minimum Gasteiger partial charge on any atom is -0.481 e. The second kappa shape index (κ2) is 8.74. The van der Waals surface area contributed by atoms with Gasteiger partial charge in [-0.25, -0.2) is 4.79 Å². The van der Waals surface area contributed by atoms with E-state index >= 15 is 0 Å². The lowest BCUT2D eigenvalue weighted by Crippen LogP contribution is -2.41. The van der Waals surface area contributed by atoms with Gasteiger partial charge in [0.2, 0.25) is 0 Å². The van der Waals surface area contributed by atoms with Gasteiger partial charge in [-0.05, 0) is 5.92 Å². The lowest BCUT2D eigenvalue weighted by molar-refractivity contribution is -0.141. The van der Waals surface area contributed by atoms with Crippen molar-refractivity contribution in [1.82, 2.24) is 10.2 Å². The molecule has 18 heavy (non-hydrogen) atoms. The molecule has 1 atom stereocenters. The largest absolute Gasteiger partial charge is 0.481 e. The molecule has 0 aliphatic heterocycles. The highest BCUT2D eigenvalue weighted by Crippen LogP contribution is 1.98. The molecule has 0 radical (unpaired) electrons. The average molecular weight is 260 g/mol. The number of rotatable bonds is 8. The Balaban J connectivity index is 3.71. The zero-order chi connectivity index (χ0) is 14.1. The molecule has 0 aromatic carbocycles. The van der Waals surface area contributed by atoms with E-state index in [1.54, 1.807) is 14.0 Å².